The molecule has 6 aromatic heterocycles. The van der Waals surface area contributed by atoms with Crippen LogP contribution in [0.2, 0.25) is 0 Å². The second-order valence-corrected chi connectivity index (χ2v) is 15.0. The third-order valence-corrected chi connectivity index (χ3v) is 10.6. The minimum absolute atomic E-state index is 0. The molecule has 9 rings (SSSR count). The molecule has 0 atom stereocenters. The number of para-hydroxylation sites is 3. The van der Waals surface area contributed by atoms with E-state index in [1.165, 1.54) is 22.7 Å². The Hall–Kier alpha value is -6.19. The van der Waals surface area contributed by atoms with Crippen LogP contribution in [-0.2, 0) is 19.5 Å². The first-order valence-electron chi connectivity index (χ1n) is 17.6. The molecule has 3 aromatic carbocycles. The monoisotopic (exact) mass is 882 g/mol. The van der Waals surface area contributed by atoms with Crippen molar-refractivity contribution in [2.75, 3.05) is 5.43 Å². The summed E-state index contributed by atoms with van der Waals surface area (Å²) < 4.78 is 3.38. The van der Waals surface area contributed by atoms with Crippen molar-refractivity contribution in [1.82, 2.24) is 29.9 Å². The van der Waals surface area contributed by atoms with Gasteiger partial charge >= 0.3 is 19.5 Å². The minimum Gasteiger partial charge on any atom is -0.425 e. The Kier molecular flexibility index (Phi) is 16.4. The molecule has 0 aliphatic carbocycles. The number of nitrogens with one attached hydrogen (secondary N) is 1. The molecule has 0 aliphatic heterocycles. The van der Waals surface area contributed by atoms with Crippen LogP contribution in [0, 0.1) is 0 Å². The zero-order valence-corrected chi connectivity index (χ0v) is 37.1. The number of fused-ring (bicyclic) bond motifs is 3. The predicted octanol–water partition coefficient (Wildman–Crippen LogP) is 9.32. The minimum atomic E-state index is 0. The molecule has 0 fully saturated rings. The van der Waals surface area contributed by atoms with Crippen LogP contribution >= 0.6 is 34.0 Å². The van der Waals surface area contributed by atoms with E-state index in [0.717, 1.165) is 70.0 Å². The fourth-order valence-corrected chi connectivity index (χ4v) is 7.37. The summed E-state index contributed by atoms with van der Waals surface area (Å²) in [5.41, 5.74) is 10.8. The first-order chi connectivity index (χ1) is 28.0. The Balaban J connectivity index is 0.000000165. The topological polar surface area (TPSA) is 154 Å². The molecule has 9 aromatic rings. The first-order valence-corrected chi connectivity index (χ1v) is 20.1. The van der Waals surface area contributed by atoms with E-state index in [2.05, 4.69) is 60.8 Å². The van der Waals surface area contributed by atoms with Crippen molar-refractivity contribution in [3.05, 3.63) is 173 Å². The summed E-state index contributed by atoms with van der Waals surface area (Å²) in [6.45, 7) is 5.70. The van der Waals surface area contributed by atoms with Gasteiger partial charge in [0.25, 0.3) is 0 Å². The average Bonchev–Trinajstić information content (AvgIpc) is 4.01. The van der Waals surface area contributed by atoms with Crippen LogP contribution < -0.4 is 25.0 Å². The molecule has 0 aliphatic rings. The van der Waals surface area contributed by atoms with E-state index in [0.29, 0.717) is 9.60 Å². The molecule has 0 radical (unpaired) electrons. The van der Waals surface area contributed by atoms with Crippen LogP contribution in [0.25, 0.3) is 30.6 Å². The second-order valence-electron chi connectivity index (χ2n) is 11.9. The molecule has 0 amide bonds. The Morgan fingerprint density at radius 1 is 0.508 bits per heavy atom. The van der Waals surface area contributed by atoms with E-state index >= 15 is 0 Å². The summed E-state index contributed by atoms with van der Waals surface area (Å²) in [7, 11) is 0. The summed E-state index contributed by atoms with van der Waals surface area (Å²) >= 11 is 4.64. The fourth-order valence-electron chi connectivity index (χ4n) is 4.98. The number of benzene rings is 3. The van der Waals surface area contributed by atoms with Gasteiger partial charge in [-0.25, -0.2) is 4.98 Å². The van der Waals surface area contributed by atoms with Crippen LogP contribution in [0.3, 0.4) is 0 Å². The molecule has 16 heteroatoms. The van der Waals surface area contributed by atoms with Crippen molar-refractivity contribution >= 4 is 86.9 Å². The van der Waals surface area contributed by atoms with Gasteiger partial charge in [0.05, 0.1) is 44.4 Å². The van der Waals surface area contributed by atoms with Gasteiger partial charge in [-0.15, -0.1) is 22.7 Å². The van der Waals surface area contributed by atoms with Gasteiger partial charge < -0.3 is 20.2 Å². The van der Waals surface area contributed by atoms with Crippen molar-refractivity contribution in [2.45, 2.75) is 28.2 Å². The Labute approximate surface area is 365 Å². The van der Waals surface area contributed by atoms with Gasteiger partial charge in [-0.3, -0.25) is 30.6 Å². The van der Waals surface area contributed by atoms with Gasteiger partial charge in [0.2, 0.25) is 5.13 Å². The van der Waals surface area contributed by atoms with E-state index in [4.69, 9.17) is 0 Å². The van der Waals surface area contributed by atoms with Crippen molar-refractivity contribution in [3.63, 3.8) is 0 Å². The van der Waals surface area contributed by atoms with E-state index in [-0.39, 0.29) is 26.9 Å². The number of aromatic nitrogens is 6. The average molecular weight is 884 g/mol. The summed E-state index contributed by atoms with van der Waals surface area (Å²) in [5.74, 6) is 0. The van der Waals surface area contributed by atoms with Crippen LogP contribution in [0.4, 0.5) is 5.13 Å². The number of hydrogen-bond acceptors (Lipinski definition) is 13. The quantitative estimate of drug-likeness (QED) is 0.0951. The fraction of sp³-hybridized carbons (Fsp3) is 0.0930. The van der Waals surface area contributed by atoms with Gasteiger partial charge in [-0.05, 0) is 92.5 Å². The molecule has 12 nitrogen and oxygen atoms in total. The van der Waals surface area contributed by atoms with Crippen LogP contribution in [-0.4, -0.2) is 37.1 Å². The number of hydrazone groups is 1. The van der Waals surface area contributed by atoms with Gasteiger partial charge in [0.15, 0.2) is 0 Å². The van der Waals surface area contributed by atoms with E-state index in [9.17, 15) is 0 Å². The summed E-state index contributed by atoms with van der Waals surface area (Å²) in [5, 5.41) is 21.8. The third kappa shape index (κ3) is 12.4. The largest absolute Gasteiger partial charge is 2.00 e. The summed E-state index contributed by atoms with van der Waals surface area (Å²) in [4.78, 5) is 27.3. The van der Waals surface area contributed by atoms with Crippen LogP contribution in [0.1, 0.15) is 45.3 Å². The first kappa shape index (κ1) is 43.9. The second kappa shape index (κ2) is 22.1. The van der Waals surface area contributed by atoms with Gasteiger partial charge in [0.1, 0.15) is 0 Å². The predicted molar refractivity (Wildman–Crippen MR) is 241 cm³/mol. The normalized spacial score (nSPS) is 12.2. The third-order valence-electron chi connectivity index (χ3n) is 7.86. The molecule has 290 valence electrons. The molecule has 0 unspecified atom stereocenters. The Morgan fingerprint density at radius 2 is 0.932 bits per heavy atom. The van der Waals surface area contributed by atoms with E-state index in [1.807, 2.05) is 148 Å². The smallest absolute Gasteiger partial charge is 0.425 e. The number of rotatable bonds is 7. The molecule has 1 N–H and O–H groups in total. The number of nitrogens with zero attached hydrogens (tertiary/aromatic N) is 11. The molecule has 0 bridgehead atoms. The Bertz CT molecular complexity index is 2690. The van der Waals surface area contributed by atoms with Crippen molar-refractivity contribution < 1.29 is 19.5 Å². The zero-order chi connectivity index (χ0) is 39.2. The zero-order valence-electron chi connectivity index (χ0n) is 31.7. The van der Waals surface area contributed by atoms with Crippen molar-refractivity contribution in [2.24, 2.45) is 25.5 Å². The molecular weight excluding hydrogens is 846 g/mol. The van der Waals surface area contributed by atoms with Gasteiger partial charge in [-0.1, -0.05) is 85.5 Å². The number of thiazole rings is 3. The maximum atomic E-state index is 4.46. The summed E-state index contributed by atoms with van der Waals surface area (Å²) in [6.07, 6.45) is 5.24. The maximum Gasteiger partial charge on any atom is 2.00 e. The van der Waals surface area contributed by atoms with Crippen LogP contribution in [0.15, 0.2) is 171 Å². The van der Waals surface area contributed by atoms with Crippen molar-refractivity contribution in [3.8, 4) is 0 Å². The Morgan fingerprint density at radius 3 is 1.37 bits per heavy atom. The SMILES string of the molecule is C.C/C(=N\Nc1nc2ccccc2s1)c1ccccn1.CC(=NN=c1[n-]c2ccccc2s1)c1ccccn1.CC(=NN=c1[n-]c2ccccc2s1)c1ccccn1.[Zn+2]. The molecule has 0 saturated heterocycles. The summed E-state index contributed by atoms with van der Waals surface area (Å²) in [6, 6.07) is 41.1. The standard InChI is InChI=1S/C14H12N4S.2C14H11N4S.CH4.Zn/c3*1-10(11-6-4-5-9-15-11)17-18-14-16-12-7-2-3-8-13(12)19-14;;/h2-9H,1H3,(H,16,18);2*2-9H,1H3;1H4;/q;2*-1;;+2/b17-10+;;;;. The molecule has 0 saturated carbocycles. The number of anilines is 1. The molecule has 59 heavy (non-hydrogen) atoms. The van der Waals surface area contributed by atoms with Crippen molar-refractivity contribution in [1.29, 1.82) is 0 Å². The number of pyridine rings is 3. The molecular formula is C43H38N12S3Zn. The molecule has 6 heterocycles. The molecule has 0 spiro atoms. The maximum absolute atomic E-state index is 4.46. The van der Waals surface area contributed by atoms with Gasteiger partial charge in [0, 0.05) is 37.6 Å². The van der Waals surface area contributed by atoms with Gasteiger partial charge in [-0.2, -0.15) is 5.10 Å². The van der Waals surface area contributed by atoms with E-state index in [1.54, 1.807) is 29.9 Å². The number of hydrogen-bond donors (Lipinski definition) is 1. The van der Waals surface area contributed by atoms with Crippen LogP contribution in [0.5, 0.6) is 0 Å². The van der Waals surface area contributed by atoms with E-state index < -0.39 is 0 Å².